The molecule has 0 amide bonds. The van der Waals surface area contributed by atoms with E-state index in [9.17, 15) is 18.0 Å². The largest absolute Gasteiger partial charge is 0.490 e. The van der Waals surface area contributed by atoms with Crippen LogP contribution in [0.5, 0.6) is 5.75 Å². The highest BCUT2D eigenvalue weighted by Gasteiger charge is 2.35. The fourth-order valence-electron chi connectivity index (χ4n) is 2.80. The number of carboxylic acids is 1. The molecule has 27 heavy (non-hydrogen) atoms. The fourth-order valence-corrected chi connectivity index (χ4v) is 3.65. The highest BCUT2D eigenvalue weighted by atomic mass is 32.1. The average Bonchev–Trinajstić information content (AvgIpc) is 3.09. The van der Waals surface area contributed by atoms with E-state index in [2.05, 4.69) is 4.98 Å². The number of para-hydroxylation sites is 1. The molecule has 1 aliphatic rings. The molecular weight excluding hydrogens is 381 g/mol. The first-order chi connectivity index (χ1) is 12.8. The number of aliphatic carboxylic acids is 1. The molecule has 0 bridgehead atoms. The van der Waals surface area contributed by atoms with Gasteiger partial charge in [-0.15, -0.1) is 11.3 Å². The van der Waals surface area contributed by atoms with Gasteiger partial charge in [0, 0.05) is 37.4 Å². The SMILES string of the molecule is O=C(O)/C=C/c1csc(N2CCC(Oc3ccccc3C(F)(F)F)CC2)n1. The Morgan fingerprint density at radius 3 is 2.67 bits per heavy atom. The van der Waals surface area contributed by atoms with Crippen LogP contribution in [0.1, 0.15) is 24.1 Å². The number of alkyl halides is 3. The van der Waals surface area contributed by atoms with Crippen molar-refractivity contribution in [2.24, 2.45) is 0 Å². The van der Waals surface area contributed by atoms with E-state index in [0.717, 1.165) is 17.3 Å². The molecule has 0 atom stereocenters. The Bertz CT molecular complexity index is 827. The molecule has 144 valence electrons. The molecule has 0 aliphatic carbocycles. The van der Waals surface area contributed by atoms with Crippen molar-refractivity contribution < 1.29 is 27.8 Å². The molecule has 1 aromatic heterocycles. The molecule has 0 unspecified atom stereocenters. The summed E-state index contributed by atoms with van der Waals surface area (Å²) in [5.41, 5.74) is -0.197. The maximum absolute atomic E-state index is 13.1. The van der Waals surface area contributed by atoms with Gasteiger partial charge in [0.1, 0.15) is 11.9 Å². The summed E-state index contributed by atoms with van der Waals surface area (Å²) in [4.78, 5) is 16.9. The summed E-state index contributed by atoms with van der Waals surface area (Å²) in [6.45, 7) is 1.21. The lowest BCUT2D eigenvalue weighted by atomic mass is 10.1. The smallest absolute Gasteiger partial charge is 0.419 e. The van der Waals surface area contributed by atoms with Crippen LogP contribution in [0.15, 0.2) is 35.7 Å². The number of halogens is 3. The number of rotatable bonds is 5. The predicted octanol–water partition coefficient (Wildman–Crippen LogP) is 4.31. The third-order valence-electron chi connectivity index (χ3n) is 4.11. The first kappa shape index (κ1) is 19.2. The summed E-state index contributed by atoms with van der Waals surface area (Å²) in [7, 11) is 0. The number of aromatic nitrogens is 1. The summed E-state index contributed by atoms with van der Waals surface area (Å²) in [6.07, 6.45) is -1.14. The molecule has 5 nitrogen and oxygen atoms in total. The number of hydrogen-bond acceptors (Lipinski definition) is 5. The average molecular weight is 398 g/mol. The third-order valence-corrected chi connectivity index (χ3v) is 5.02. The highest BCUT2D eigenvalue weighted by Crippen LogP contribution is 2.37. The standard InChI is InChI=1S/C18H17F3N2O3S/c19-18(20,21)14-3-1-2-4-15(14)26-13-7-9-23(10-8-13)17-22-12(11-27-17)5-6-16(24)25/h1-6,11,13H,7-10H2,(H,24,25)/b6-5+. The van der Waals surface area contributed by atoms with E-state index in [0.29, 0.717) is 31.6 Å². The molecule has 1 saturated heterocycles. The van der Waals surface area contributed by atoms with Gasteiger partial charge in [-0.1, -0.05) is 12.1 Å². The summed E-state index contributed by atoms with van der Waals surface area (Å²) < 4.78 is 44.8. The van der Waals surface area contributed by atoms with E-state index >= 15 is 0 Å². The number of carbonyl (C=O) groups is 1. The lowest BCUT2D eigenvalue weighted by Gasteiger charge is -2.32. The zero-order valence-electron chi connectivity index (χ0n) is 14.1. The number of ether oxygens (including phenoxy) is 1. The van der Waals surface area contributed by atoms with Gasteiger partial charge in [-0.2, -0.15) is 13.2 Å². The Morgan fingerprint density at radius 2 is 2.00 bits per heavy atom. The van der Waals surface area contributed by atoms with E-state index in [1.54, 1.807) is 5.38 Å². The minimum atomic E-state index is -4.45. The zero-order valence-corrected chi connectivity index (χ0v) is 15.0. The molecule has 9 heteroatoms. The molecule has 0 saturated carbocycles. The van der Waals surface area contributed by atoms with Gasteiger partial charge in [-0.05, 0) is 18.2 Å². The second-order valence-corrected chi connectivity index (χ2v) is 6.86. The van der Waals surface area contributed by atoms with Crippen LogP contribution >= 0.6 is 11.3 Å². The molecule has 1 fully saturated rings. The van der Waals surface area contributed by atoms with Gasteiger partial charge in [0.05, 0.1) is 11.3 Å². The zero-order chi connectivity index (χ0) is 19.4. The van der Waals surface area contributed by atoms with Crippen LogP contribution in [0, 0.1) is 0 Å². The van der Waals surface area contributed by atoms with Crippen LogP contribution in [-0.4, -0.2) is 35.3 Å². The van der Waals surface area contributed by atoms with Gasteiger partial charge in [0.15, 0.2) is 5.13 Å². The monoisotopic (exact) mass is 398 g/mol. The van der Waals surface area contributed by atoms with Crippen molar-refractivity contribution in [1.82, 2.24) is 4.98 Å². The Kier molecular flexibility index (Phi) is 5.69. The van der Waals surface area contributed by atoms with E-state index in [1.807, 2.05) is 4.90 Å². The maximum atomic E-state index is 13.1. The van der Waals surface area contributed by atoms with Crippen molar-refractivity contribution in [2.75, 3.05) is 18.0 Å². The second-order valence-electron chi connectivity index (χ2n) is 6.02. The maximum Gasteiger partial charge on any atom is 0.419 e. The Labute approximate surface area is 157 Å². The Balaban J connectivity index is 1.59. The van der Waals surface area contributed by atoms with Gasteiger partial charge < -0.3 is 14.7 Å². The number of benzene rings is 1. The molecule has 1 N–H and O–H groups in total. The highest BCUT2D eigenvalue weighted by molar-refractivity contribution is 7.13. The van der Waals surface area contributed by atoms with E-state index in [4.69, 9.17) is 9.84 Å². The molecule has 3 rings (SSSR count). The van der Waals surface area contributed by atoms with Gasteiger partial charge in [-0.25, -0.2) is 9.78 Å². The number of piperidine rings is 1. The van der Waals surface area contributed by atoms with Gasteiger partial charge in [0.2, 0.25) is 0 Å². The van der Waals surface area contributed by atoms with Gasteiger partial charge in [0.25, 0.3) is 0 Å². The number of hydrogen-bond donors (Lipinski definition) is 1. The number of carboxylic acid groups (broad SMARTS) is 1. The molecule has 1 aromatic carbocycles. The van der Waals surface area contributed by atoms with Crippen molar-refractivity contribution in [2.45, 2.75) is 25.1 Å². The summed E-state index contributed by atoms with van der Waals surface area (Å²) >= 11 is 1.40. The fraction of sp³-hybridized carbons (Fsp3) is 0.333. The third kappa shape index (κ3) is 5.00. The summed E-state index contributed by atoms with van der Waals surface area (Å²) in [5, 5.41) is 11.2. The van der Waals surface area contributed by atoms with Crippen LogP contribution in [0.3, 0.4) is 0 Å². The summed E-state index contributed by atoms with van der Waals surface area (Å²) in [6, 6.07) is 5.24. The number of anilines is 1. The molecule has 1 aliphatic heterocycles. The Hall–Kier alpha value is -2.55. The van der Waals surface area contributed by atoms with Crippen molar-refractivity contribution in [3.63, 3.8) is 0 Å². The van der Waals surface area contributed by atoms with Crippen molar-refractivity contribution in [3.05, 3.63) is 47.0 Å². The predicted molar refractivity (Wildman–Crippen MR) is 96.1 cm³/mol. The first-order valence-corrected chi connectivity index (χ1v) is 9.15. The van der Waals surface area contributed by atoms with Crippen LogP contribution in [0.25, 0.3) is 6.08 Å². The summed E-state index contributed by atoms with van der Waals surface area (Å²) in [5.74, 6) is -1.18. The normalized spacial score (nSPS) is 16.0. The van der Waals surface area contributed by atoms with Crippen LogP contribution in [0.4, 0.5) is 18.3 Å². The number of nitrogens with zero attached hydrogens (tertiary/aromatic N) is 2. The lowest BCUT2D eigenvalue weighted by Crippen LogP contribution is -2.38. The topological polar surface area (TPSA) is 62.7 Å². The van der Waals surface area contributed by atoms with E-state index in [-0.39, 0.29) is 11.9 Å². The molecule has 2 heterocycles. The van der Waals surface area contributed by atoms with Crippen molar-refractivity contribution in [3.8, 4) is 5.75 Å². The van der Waals surface area contributed by atoms with Crippen LogP contribution in [-0.2, 0) is 11.0 Å². The van der Waals surface area contributed by atoms with Crippen molar-refractivity contribution in [1.29, 1.82) is 0 Å². The van der Waals surface area contributed by atoms with Crippen LogP contribution in [0.2, 0.25) is 0 Å². The Morgan fingerprint density at radius 1 is 1.30 bits per heavy atom. The molecular formula is C18H17F3N2O3S. The van der Waals surface area contributed by atoms with Crippen molar-refractivity contribution >= 4 is 28.5 Å². The molecule has 2 aromatic rings. The van der Waals surface area contributed by atoms with Gasteiger partial charge >= 0.3 is 12.1 Å². The van der Waals surface area contributed by atoms with E-state index in [1.165, 1.54) is 35.6 Å². The molecule has 0 spiro atoms. The van der Waals surface area contributed by atoms with Gasteiger partial charge in [-0.3, -0.25) is 0 Å². The van der Waals surface area contributed by atoms with Crippen LogP contribution < -0.4 is 9.64 Å². The molecule has 0 radical (unpaired) electrons. The number of thiazole rings is 1. The minimum absolute atomic E-state index is 0.140. The van der Waals surface area contributed by atoms with E-state index < -0.39 is 17.7 Å². The second kappa shape index (κ2) is 7.99. The minimum Gasteiger partial charge on any atom is -0.490 e. The first-order valence-electron chi connectivity index (χ1n) is 8.27. The quantitative estimate of drug-likeness (QED) is 0.761. The lowest BCUT2D eigenvalue weighted by molar-refractivity contribution is -0.139.